The van der Waals surface area contributed by atoms with Crippen LogP contribution in [0.1, 0.15) is 48.9 Å². The van der Waals surface area contributed by atoms with Gasteiger partial charge in [0, 0.05) is 17.7 Å². The second-order valence-corrected chi connectivity index (χ2v) is 5.09. The molecule has 2 rings (SSSR count). The van der Waals surface area contributed by atoms with Crippen molar-refractivity contribution in [1.29, 1.82) is 0 Å². The highest BCUT2D eigenvalue weighted by Gasteiger charge is 2.20. The molecule has 20 heavy (non-hydrogen) atoms. The van der Waals surface area contributed by atoms with E-state index in [0.29, 0.717) is 0 Å². The maximum atomic E-state index is 13.2. The summed E-state index contributed by atoms with van der Waals surface area (Å²) in [5, 5.41) is 13.5. The van der Waals surface area contributed by atoms with Crippen LogP contribution in [0.3, 0.4) is 0 Å². The van der Waals surface area contributed by atoms with Gasteiger partial charge >= 0.3 is 5.69 Å². The van der Waals surface area contributed by atoms with Crippen molar-refractivity contribution in [2.75, 3.05) is 0 Å². The van der Waals surface area contributed by atoms with Gasteiger partial charge in [-0.05, 0) is 25.0 Å². The van der Waals surface area contributed by atoms with Crippen LogP contribution in [-0.2, 0) is 0 Å². The number of carbonyl (C=O) groups is 1. The summed E-state index contributed by atoms with van der Waals surface area (Å²) in [5.41, 5.74) is -0.541. The Labute approximate surface area is 116 Å². The predicted molar refractivity (Wildman–Crippen MR) is 72.0 cm³/mol. The Hall–Kier alpha value is -1.98. The number of carbonyl (C=O) groups excluding carboxylic acids is 1. The number of amides is 1. The molecule has 108 valence electrons. The van der Waals surface area contributed by atoms with Crippen LogP contribution < -0.4 is 5.32 Å². The van der Waals surface area contributed by atoms with Crippen molar-refractivity contribution in [2.45, 2.75) is 44.6 Å². The van der Waals surface area contributed by atoms with Gasteiger partial charge in [0.1, 0.15) is 0 Å². The number of nitrogens with zero attached hydrogens (tertiary/aromatic N) is 1. The highest BCUT2D eigenvalue weighted by molar-refractivity contribution is 5.95. The van der Waals surface area contributed by atoms with Crippen molar-refractivity contribution in [3.8, 4) is 0 Å². The van der Waals surface area contributed by atoms with E-state index in [1.807, 2.05) is 0 Å². The van der Waals surface area contributed by atoms with Gasteiger partial charge in [0.2, 0.25) is 5.82 Å². The molecule has 6 heteroatoms. The van der Waals surface area contributed by atoms with Gasteiger partial charge in [-0.1, -0.05) is 25.7 Å². The second kappa shape index (κ2) is 6.45. The molecule has 1 saturated carbocycles. The molecule has 0 unspecified atom stereocenters. The van der Waals surface area contributed by atoms with E-state index in [9.17, 15) is 19.3 Å². The number of benzene rings is 1. The summed E-state index contributed by atoms with van der Waals surface area (Å²) >= 11 is 0. The Balaban J connectivity index is 2.08. The lowest BCUT2D eigenvalue weighted by Gasteiger charge is -2.16. The van der Waals surface area contributed by atoms with Crippen LogP contribution in [0.4, 0.5) is 10.1 Å². The minimum atomic E-state index is -0.930. The van der Waals surface area contributed by atoms with E-state index in [2.05, 4.69) is 5.32 Å². The van der Waals surface area contributed by atoms with E-state index in [-0.39, 0.29) is 17.5 Å². The molecule has 0 aliphatic heterocycles. The first-order valence-corrected chi connectivity index (χ1v) is 6.83. The van der Waals surface area contributed by atoms with Crippen molar-refractivity contribution in [3.63, 3.8) is 0 Å². The van der Waals surface area contributed by atoms with Crippen molar-refractivity contribution in [1.82, 2.24) is 5.32 Å². The van der Waals surface area contributed by atoms with Crippen LogP contribution in [0.2, 0.25) is 0 Å². The van der Waals surface area contributed by atoms with Gasteiger partial charge < -0.3 is 5.32 Å². The highest BCUT2D eigenvalue weighted by atomic mass is 19.1. The SMILES string of the molecule is O=C(NC1CCCCCC1)c1ccc(F)c([N+](=O)[O-])c1. The Kier molecular flexibility index (Phi) is 4.65. The Bertz CT molecular complexity index is 511. The minimum absolute atomic E-state index is 0.106. The zero-order chi connectivity index (χ0) is 14.5. The van der Waals surface area contributed by atoms with Crippen molar-refractivity contribution in [3.05, 3.63) is 39.7 Å². The van der Waals surface area contributed by atoms with Crippen molar-refractivity contribution < 1.29 is 14.1 Å². The van der Waals surface area contributed by atoms with Gasteiger partial charge in [-0.15, -0.1) is 0 Å². The van der Waals surface area contributed by atoms with E-state index in [4.69, 9.17) is 0 Å². The average molecular weight is 280 g/mol. The summed E-state index contributed by atoms with van der Waals surface area (Å²) in [5.74, 6) is -1.30. The van der Waals surface area contributed by atoms with Gasteiger partial charge in [-0.2, -0.15) is 4.39 Å². The maximum absolute atomic E-state index is 13.2. The fraction of sp³-hybridized carbons (Fsp3) is 0.500. The lowest BCUT2D eigenvalue weighted by Crippen LogP contribution is -2.34. The standard InChI is InChI=1S/C14H17FN2O3/c15-12-8-7-10(9-13(12)17(19)20)14(18)16-11-5-3-1-2-4-6-11/h7-9,11H,1-6H2,(H,16,18). The quantitative estimate of drug-likeness (QED) is 0.525. The van der Waals surface area contributed by atoms with Crippen LogP contribution in [0.25, 0.3) is 0 Å². The first-order chi connectivity index (χ1) is 9.58. The van der Waals surface area contributed by atoms with Crippen LogP contribution in [0.5, 0.6) is 0 Å². The summed E-state index contributed by atoms with van der Waals surface area (Å²) in [4.78, 5) is 21.9. The molecule has 1 aliphatic rings. The molecule has 0 bridgehead atoms. The fourth-order valence-corrected chi connectivity index (χ4v) is 2.49. The molecule has 0 radical (unpaired) electrons. The number of nitrogens with one attached hydrogen (secondary N) is 1. The van der Waals surface area contributed by atoms with Crippen LogP contribution in [-0.4, -0.2) is 16.9 Å². The lowest BCUT2D eigenvalue weighted by molar-refractivity contribution is -0.387. The number of halogens is 1. The third-order valence-corrected chi connectivity index (χ3v) is 3.60. The summed E-state index contributed by atoms with van der Waals surface area (Å²) in [6.45, 7) is 0. The molecule has 0 aromatic heterocycles. The fourth-order valence-electron chi connectivity index (χ4n) is 2.49. The third kappa shape index (κ3) is 3.53. The Morgan fingerprint density at radius 2 is 1.90 bits per heavy atom. The first-order valence-electron chi connectivity index (χ1n) is 6.83. The molecule has 0 heterocycles. The van der Waals surface area contributed by atoms with Gasteiger partial charge in [0.05, 0.1) is 4.92 Å². The number of hydrogen-bond donors (Lipinski definition) is 1. The molecule has 1 aliphatic carbocycles. The van der Waals surface area contributed by atoms with Crippen molar-refractivity contribution >= 4 is 11.6 Å². The topological polar surface area (TPSA) is 72.2 Å². The Morgan fingerprint density at radius 1 is 1.25 bits per heavy atom. The molecule has 1 fully saturated rings. The Morgan fingerprint density at radius 3 is 2.50 bits per heavy atom. The molecule has 1 N–H and O–H groups in total. The average Bonchev–Trinajstić information content (AvgIpc) is 2.67. The number of nitro benzene ring substituents is 1. The van der Waals surface area contributed by atoms with Gasteiger partial charge in [0.15, 0.2) is 0 Å². The summed E-state index contributed by atoms with van der Waals surface area (Å²) in [7, 11) is 0. The zero-order valence-electron chi connectivity index (χ0n) is 11.1. The lowest BCUT2D eigenvalue weighted by atomic mass is 10.1. The molecule has 1 aromatic carbocycles. The van der Waals surface area contributed by atoms with E-state index in [1.165, 1.54) is 18.9 Å². The van der Waals surface area contributed by atoms with Crippen LogP contribution in [0, 0.1) is 15.9 Å². The number of nitro groups is 1. The zero-order valence-corrected chi connectivity index (χ0v) is 11.1. The molecular formula is C14H17FN2O3. The van der Waals surface area contributed by atoms with Crippen LogP contribution in [0.15, 0.2) is 18.2 Å². The van der Waals surface area contributed by atoms with E-state index < -0.39 is 16.4 Å². The maximum Gasteiger partial charge on any atom is 0.305 e. The van der Waals surface area contributed by atoms with Gasteiger partial charge in [-0.25, -0.2) is 0 Å². The second-order valence-electron chi connectivity index (χ2n) is 5.09. The summed E-state index contributed by atoms with van der Waals surface area (Å²) < 4.78 is 13.2. The highest BCUT2D eigenvalue weighted by Crippen LogP contribution is 2.20. The third-order valence-electron chi connectivity index (χ3n) is 3.60. The number of hydrogen-bond acceptors (Lipinski definition) is 3. The predicted octanol–water partition coefficient (Wildman–Crippen LogP) is 3.19. The van der Waals surface area contributed by atoms with Crippen LogP contribution >= 0.6 is 0 Å². The largest absolute Gasteiger partial charge is 0.349 e. The molecule has 0 spiro atoms. The summed E-state index contributed by atoms with van der Waals surface area (Å²) in [6, 6.07) is 3.32. The number of rotatable bonds is 3. The normalized spacial score (nSPS) is 16.4. The molecule has 1 amide bonds. The molecule has 5 nitrogen and oxygen atoms in total. The molecular weight excluding hydrogens is 263 g/mol. The smallest absolute Gasteiger partial charge is 0.305 e. The molecule has 0 saturated heterocycles. The first kappa shape index (κ1) is 14.4. The summed E-state index contributed by atoms with van der Waals surface area (Å²) in [6.07, 6.45) is 6.36. The van der Waals surface area contributed by atoms with E-state index >= 15 is 0 Å². The van der Waals surface area contributed by atoms with Gasteiger partial charge in [-0.3, -0.25) is 14.9 Å². The molecule has 0 atom stereocenters. The van der Waals surface area contributed by atoms with E-state index in [0.717, 1.165) is 37.8 Å². The van der Waals surface area contributed by atoms with Gasteiger partial charge in [0.25, 0.3) is 5.91 Å². The van der Waals surface area contributed by atoms with Crippen molar-refractivity contribution in [2.24, 2.45) is 0 Å². The monoisotopic (exact) mass is 280 g/mol. The minimum Gasteiger partial charge on any atom is -0.349 e. The molecule has 1 aromatic rings. The van der Waals surface area contributed by atoms with E-state index in [1.54, 1.807) is 0 Å².